The van der Waals surface area contributed by atoms with Crippen LogP contribution in [-0.4, -0.2) is 37.0 Å². The second kappa shape index (κ2) is 8.99. The number of amides is 2. The van der Waals surface area contributed by atoms with Crippen LogP contribution in [0.2, 0.25) is 0 Å². The number of nitrogens with one attached hydrogen (secondary N) is 2. The largest absolute Gasteiger partial charge is 0.389 e. The van der Waals surface area contributed by atoms with Crippen molar-refractivity contribution in [2.45, 2.75) is 45.3 Å². The number of rotatable bonds is 7. The maximum Gasteiger partial charge on any atom is 0.315 e. The highest BCUT2D eigenvalue weighted by Gasteiger charge is 2.22. The Labute approximate surface area is 142 Å². The Hall–Kier alpha value is -1.66. The van der Waals surface area contributed by atoms with Gasteiger partial charge in [-0.1, -0.05) is 19.9 Å². The van der Waals surface area contributed by atoms with E-state index in [1.165, 1.54) is 12.1 Å². The van der Waals surface area contributed by atoms with Gasteiger partial charge in [-0.15, -0.1) is 0 Å². The lowest BCUT2D eigenvalue weighted by atomic mass is 9.87. The third-order valence-electron chi connectivity index (χ3n) is 3.99. The van der Waals surface area contributed by atoms with E-state index in [0.29, 0.717) is 12.5 Å². The average Bonchev–Trinajstić information content (AvgIpc) is 2.53. The van der Waals surface area contributed by atoms with E-state index in [2.05, 4.69) is 10.6 Å². The van der Waals surface area contributed by atoms with Crippen LogP contribution in [0.25, 0.3) is 0 Å². The maximum absolute atomic E-state index is 13.5. The molecule has 2 rings (SSSR count). The van der Waals surface area contributed by atoms with Crippen molar-refractivity contribution < 1.29 is 19.0 Å². The summed E-state index contributed by atoms with van der Waals surface area (Å²) in [7, 11) is 0. The van der Waals surface area contributed by atoms with E-state index in [4.69, 9.17) is 4.74 Å². The van der Waals surface area contributed by atoms with Crippen LogP contribution in [0.15, 0.2) is 18.2 Å². The smallest absolute Gasteiger partial charge is 0.315 e. The molecule has 1 aliphatic carbocycles. The molecule has 0 spiro atoms. The maximum atomic E-state index is 13.5. The highest BCUT2D eigenvalue weighted by atomic mass is 19.1. The summed E-state index contributed by atoms with van der Waals surface area (Å²) in [6.45, 7) is 4.95. The van der Waals surface area contributed by atoms with Crippen molar-refractivity contribution in [2.75, 3.05) is 19.8 Å². The summed E-state index contributed by atoms with van der Waals surface area (Å²) < 4.78 is 18.8. The number of aliphatic hydroxyl groups excluding tert-OH is 1. The highest BCUT2D eigenvalue weighted by Crippen LogP contribution is 2.30. The summed E-state index contributed by atoms with van der Waals surface area (Å²) in [4.78, 5) is 12.0. The van der Waals surface area contributed by atoms with Gasteiger partial charge in [0.2, 0.25) is 0 Å². The van der Waals surface area contributed by atoms with Crippen molar-refractivity contribution in [2.24, 2.45) is 5.92 Å². The fourth-order valence-corrected chi connectivity index (χ4v) is 2.84. The minimum Gasteiger partial charge on any atom is -0.389 e. The van der Waals surface area contributed by atoms with Crippen LogP contribution in [0, 0.1) is 11.7 Å². The number of hydrogen-bond acceptors (Lipinski definition) is 3. The van der Waals surface area contributed by atoms with E-state index in [1.54, 1.807) is 6.07 Å². The number of benzene rings is 1. The van der Waals surface area contributed by atoms with Crippen LogP contribution < -0.4 is 10.6 Å². The molecule has 5 nitrogen and oxygen atoms in total. The molecule has 0 radical (unpaired) electrons. The van der Waals surface area contributed by atoms with Gasteiger partial charge in [0.15, 0.2) is 0 Å². The molecule has 3 N–H and O–H groups in total. The van der Waals surface area contributed by atoms with Crippen LogP contribution in [0.4, 0.5) is 9.18 Å². The predicted octanol–water partition coefficient (Wildman–Crippen LogP) is 2.54. The molecular weight excluding hydrogens is 311 g/mol. The van der Waals surface area contributed by atoms with Gasteiger partial charge in [-0.05, 0) is 48.4 Å². The van der Waals surface area contributed by atoms with Crippen LogP contribution in [0.1, 0.15) is 43.9 Å². The number of urea groups is 1. The fraction of sp³-hybridized carbons (Fsp3) is 0.611. The first-order valence-corrected chi connectivity index (χ1v) is 8.54. The van der Waals surface area contributed by atoms with Gasteiger partial charge in [0.05, 0.1) is 18.8 Å². The molecule has 2 amide bonds. The first-order chi connectivity index (χ1) is 11.5. The molecule has 2 atom stereocenters. The Kier molecular flexibility index (Phi) is 6.99. The Morgan fingerprint density at radius 2 is 2.21 bits per heavy atom. The summed E-state index contributed by atoms with van der Waals surface area (Å²) in [5, 5.41) is 15.3. The third kappa shape index (κ3) is 5.76. The van der Waals surface area contributed by atoms with Crippen molar-refractivity contribution in [3.05, 3.63) is 35.1 Å². The zero-order valence-electron chi connectivity index (χ0n) is 14.3. The van der Waals surface area contributed by atoms with Crippen molar-refractivity contribution in [1.82, 2.24) is 10.6 Å². The quantitative estimate of drug-likeness (QED) is 0.715. The van der Waals surface area contributed by atoms with Gasteiger partial charge in [-0.3, -0.25) is 0 Å². The van der Waals surface area contributed by atoms with E-state index < -0.39 is 6.10 Å². The lowest BCUT2D eigenvalue weighted by molar-refractivity contribution is 0.0272. The number of fused-ring (bicyclic) bond motifs is 1. The molecule has 0 heterocycles. The molecule has 0 fully saturated rings. The summed E-state index contributed by atoms with van der Waals surface area (Å²) in [6, 6.07) is 4.17. The normalized spacial score (nSPS) is 18.1. The molecule has 24 heavy (non-hydrogen) atoms. The van der Waals surface area contributed by atoms with E-state index in [0.717, 1.165) is 30.4 Å². The summed E-state index contributed by atoms with van der Waals surface area (Å²) in [6.07, 6.45) is 1.89. The molecule has 6 heteroatoms. The van der Waals surface area contributed by atoms with Gasteiger partial charge in [-0.2, -0.15) is 0 Å². The molecule has 0 saturated carbocycles. The topological polar surface area (TPSA) is 70.6 Å². The molecule has 1 aromatic carbocycles. The number of carbonyl (C=O) groups excluding carboxylic acids is 1. The highest BCUT2D eigenvalue weighted by molar-refractivity contribution is 5.74. The number of carbonyl (C=O) groups is 1. The minimum atomic E-state index is -0.745. The predicted molar refractivity (Wildman–Crippen MR) is 90.3 cm³/mol. The SMILES string of the molecule is CC(C)COCC(O)CNC(=O)NC1CCCc2ccc(F)cc21. The Balaban J connectivity index is 1.78. The summed E-state index contributed by atoms with van der Waals surface area (Å²) in [5.74, 6) is 0.112. The Morgan fingerprint density at radius 1 is 1.42 bits per heavy atom. The van der Waals surface area contributed by atoms with Gasteiger partial charge in [-0.25, -0.2) is 9.18 Å². The number of aryl methyl sites for hydroxylation is 1. The van der Waals surface area contributed by atoms with Crippen LogP contribution >= 0.6 is 0 Å². The molecule has 0 aliphatic heterocycles. The second-order valence-electron chi connectivity index (χ2n) is 6.73. The van der Waals surface area contributed by atoms with Crippen molar-refractivity contribution in [1.29, 1.82) is 0 Å². The van der Waals surface area contributed by atoms with E-state index in [1.807, 2.05) is 13.8 Å². The van der Waals surface area contributed by atoms with Gasteiger partial charge in [0.25, 0.3) is 0 Å². The standard InChI is InChI=1S/C18H27FN2O3/c1-12(2)10-24-11-15(22)9-20-18(23)21-17-5-3-4-13-6-7-14(19)8-16(13)17/h6-8,12,15,17,22H,3-5,9-11H2,1-2H3,(H2,20,21,23). The van der Waals surface area contributed by atoms with Gasteiger partial charge in [0.1, 0.15) is 5.82 Å². The Morgan fingerprint density at radius 3 is 2.96 bits per heavy atom. The molecule has 134 valence electrons. The van der Waals surface area contributed by atoms with Crippen LogP contribution in [0.3, 0.4) is 0 Å². The lowest BCUT2D eigenvalue weighted by Crippen LogP contribution is -2.43. The molecule has 0 aromatic heterocycles. The number of halogens is 1. The van der Waals surface area contributed by atoms with Gasteiger partial charge < -0.3 is 20.5 Å². The first-order valence-electron chi connectivity index (χ1n) is 8.54. The molecule has 0 saturated heterocycles. The second-order valence-corrected chi connectivity index (χ2v) is 6.73. The first kappa shape index (κ1) is 18.7. The number of aliphatic hydroxyl groups is 1. The fourth-order valence-electron chi connectivity index (χ4n) is 2.84. The van der Waals surface area contributed by atoms with Crippen LogP contribution in [0.5, 0.6) is 0 Å². The third-order valence-corrected chi connectivity index (χ3v) is 3.99. The number of ether oxygens (including phenoxy) is 1. The molecular formula is C18H27FN2O3. The molecule has 2 unspecified atom stereocenters. The van der Waals surface area contributed by atoms with Gasteiger partial charge >= 0.3 is 6.03 Å². The van der Waals surface area contributed by atoms with Crippen molar-refractivity contribution in [3.8, 4) is 0 Å². The van der Waals surface area contributed by atoms with Crippen molar-refractivity contribution >= 4 is 6.03 Å². The average molecular weight is 338 g/mol. The van der Waals surface area contributed by atoms with Gasteiger partial charge in [0, 0.05) is 13.2 Å². The minimum absolute atomic E-state index is 0.118. The van der Waals surface area contributed by atoms with E-state index in [-0.39, 0.29) is 31.0 Å². The monoisotopic (exact) mass is 338 g/mol. The summed E-state index contributed by atoms with van der Waals surface area (Å²) in [5.41, 5.74) is 1.92. The Bertz CT molecular complexity index is 551. The molecule has 0 bridgehead atoms. The van der Waals surface area contributed by atoms with E-state index >= 15 is 0 Å². The van der Waals surface area contributed by atoms with Crippen LogP contribution in [-0.2, 0) is 11.2 Å². The zero-order valence-corrected chi connectivity index (χ0v) is 14.3. The zero-order chi connectivity index (χ0) is 17.5. The molecule has 1 aliphatic rings. The number of hydrogen-bond donors (Lipinski definition) is 3. The van der Waals surface area contributed by atoms with Crippen molar-refractivity contribution in [3.63, 3.8) is 0 Å². The molecule has 1 aromatic rings. The lowest BCUT2D eigenvalue weighted by Gasteiger charge is -2.26. The summed E-state index contributed by atoms with van der Waals surface area (Å²) >= 11 is 0. The van der Waals surface area contributed by atoms with E-state index in [9.17, 15) is 14.3 Å².